The molecule has 1 aromatic rings. The molecule has 1 fully saturated rings. The van der Waals surface area contributed by atoms with Crippen molar-refractivity contribution in [3.63, 3.8) is 0 Å². The normalized spacial score (nSPS) is 20.4. The quantitative estimate of drug-likeness (QED) is 0.835. The molecule has 118 valence electrons. The van der Waals surface area contributed by atoms with Crippen LogP contribution in [-0.2, 0) is 11.2 Å². The van der Waals surface area contributed by atoms with Gasteiger partial charge in [-0.3, -0.25) is 4.90 Å². The van der Waals surface area contributed by atoms with Gasteiger partial charge in [-0.15, -0.1) is 0 Å². The summed E-state index contributed by atoms with van der Waals surface area (Å²) in [5, 5.41) is 3.45. The molecule has 0 radical (unpaired) electrons. The first-order chi connectivity index (χ1) is 10.1. The van der Waals surface area contributed by atoms with Crippen LogP contribution in [0.5, 0.6) is 0 Å². The smallest absolute Gasteiger partial charge is 0.0622 e. The highest BCUT2D eigenvalue weighted by Gasteiger charge is 2.22. The largest absolute Gasteiger partial charge is 0.380 e. The molecule has 2 unspecified atom stereocenters. The van der Waals surface area contributed by atoms with E-state index in [1.54, 1.807) is 0 Å². The van der Waals surface area contributed by atoms with Crippen LogP contribution in [0.15, 0.2) is 24.3 Å². The van der Waals surface area contributed by atoms with Crippen LogP contribution in [0.2, 0.25) is 0 Å². The topological polar surface area (TPSA) is 24.5 Å². The van der Waals surface area contributed by atoms with E-state index in [1.165, 1.54) is 11.1 Å². The Hall–Kier alpha value is -0.900. The number of nitrogens with one attached hydrogen (secondary N) is 1. The lowest BCUT2D eigenvalue weighted by Gasteiger charge is -2.28. The highest BCUT2D eigenvalue weighted by atomic mass is 16.5. The van der Waals surface area contributed by atoms with E-state index in [9.17, 15) is 0 Å². The van der Waals surface area contributed by atoms with Crippen LogP contribution in [0.4, 0.5) is 0 Å². The maximum Gasteiger partial charge on any atom is 0.0622 e. The van der Waals surface area contributed by atoms with Crippen LogP contribution >= 0.6 is 0 Å². The third-order valence-corrected chi connectivity index (χ3v) is 4.37. The fraction of sp³-hybridized carbons (Fsp3) is 0.667. The average molecular weight is 290 g/mol. The lowest BCUT2D eigenvalue weighted by Crippen LogP contribution is -2.38. The Labute approximate surface area is 129 Å². The van der Waals surface area contributed by atoms with Crippen LogP contribution in [-0.4, -0.2) is 44.8 Å². The van der Waals surface area contributed by atoms with Crippen LogP contribution in [0.3, 0.4) is 0 Å². The maximum absolute atomic E-state index is 5.49. The highest BCUT2D eigenvalue weighted by molar-refractivity contribution is 5.25. The van der Waals surface area contributed by atoms with E-state index in [-0.39, 0.29) is 0 Å². The van der Waals surface area contributed by atoms with E-state index in [1.807, 2.05) is 7.05 Å². The molecular weight excluding hydrogens is 260 g/mol. The number of ether oxygens (including phenoxy) is 1. The summed E-state index contributed by atoms with van der Waals surface area (Å²) in [6, 6.07) is 10.1. The number of nitrogens with zero attached hydrogens (tertiary/aromatic N) is 1. The Morgan fingerprint density at radius 3 is 2.52 bits per heavy atom. The Morgan fingerprint density at radius 2 is 2.00 bits per heavy atom. The molecule has 0 aromatic heterocycles. The van der Waals surface area contributed by atoms with Crippen LogP contribution in [0, 0.1) is 5.92 Å². The molecule has 1 aliphatic heterocycles. The van der Waals surface area contributed by atoms with Crippen molar-refractivity contribution in [1.29, 1.82) is 0 Å². The number of rotatable bonds is 7. The molecule has 0 bridgehead atoms. The van der Waals surface area contributed by atoms with Gasteiger partial charge in [0.1, 0.15) is 0 Å². The summed E-state index contributed by atoms with van der Waals surface area (Å²) in [6.45, 7) is 7.34. The van der Waals surface area contributed by atoms with Gasteiger partial charge >= 0.3 is 0 Å². The second-order valence-corrected chi connectivity index (χ2v) is 6.64. The molecule has 1 saturated heterocycles. The molecule has 0 aliphatic carbocycles. The first-order valence-electron chi connectivity index (χ1n) is 8.14. The Morgan fingerprint density at radius 1 is 1.29 bits per heavy atom. The SMILES string of the molecule is CNC(CN(C)C1CCOC1)c1ccc(CC(C)C)cc1. The van der Waals surface area contributed by atoms with Crippen LogP contribution in [0.1, 0.15) is 37.4 Å². The lowest BCUT2D eigenvalue weighted by molar-refractivity contribution is 0.153. The van der Waals surface area contributed by atoms with Crippen molar-refractivity contribution >= 4 is 0 Å². The first kappa shape index (κ1) is 16.5. The number of hydrogen-bond donors (Lipinski definition) is 1. The van der Waals surface area contributed by atoms with Gasteiger partial charge in [-0.25, -0.2) is 0 Å². The molecule has 2 atom stereocenters. The summed E-state index contributed by atoms with van der Waals surface area (Å²) in [5.74, 6) is 0.712. The van der Waals surface area contributed by atoms with Crippen molar-refractivity contribution in [2.24, 2.45) is 5.92 Å². The van der Waals surface area contributed by atoms with E-state index in [0.717, 1.165) is 32.6 Å². The van der Waals surface area contributed by atoms with Gasteiger partial charge in [-0.05, 0) is 44.0 Å². The van der Waals surface area contributed by atoms with Gasteiger partial charge in [0.2, 0.25) is 0 Å². The van der Waals surface area contributed by atoms with Crippen molar-refractivity contribution in [1.82, 2.24) is 10.2 Å². The van der Waals surface area contributed by atoms with Crippen LogP contribution < -0.4 is 5.32 Å². The Kier molecular flexibility index (Phi) is 6.22. The van der Waals surface area contributed by atoms with Gasteiger partial charge < -0.3 is 10.1 Å². The molecule has 0 amide bonds. The van der Waals surface area contributed by atoms with Crippen molar-refractivity contribution in [3.8, 4) is 0 Å². The molecular formula is C18H30N2O. The predicted molar refractivity (Wildman–Crippen MR) is 88.6 cm³/mol. The Bertz CT molecular complexity index is 410. The number of hydrogen-bond acceptors (Lipinski definition) is 3. The van der Waals surface area contributed by atoms with Gasteiger partial charge in [0.15, 0.2) is 0 Å². The van der Waals surface area contributed by atoms with Crippen LogP contribution in [0.25, 0.3) is 0 Å². The van der Waals surface area contributed by atoms with Crippen molar-refractivity contribution in [3.05, 3.63) is 35.4 Å². The molecule has 1 N–H and O–H groups in total. The zero-order chi connectivity index (χ0) is 15.2. The summed E-state index contributed by atoms with van der Waals surface area (Å²) >= 11 is 0. The summed E-state index contributed by atoms with van der Waals surface area (Å²) in [4.78, 5) is 2.43. The minimum absolute atomic E-state index is 0.378. The second kappa shape index (κ2) is 7.92. The molecule has 3 nitrogen and oxygen atoms in total. The first-order valence-corrected chi connectivity index (χ1v) is 8.14. The van der Waals surface area contributed by atoms with Crippen molar-refractivity contribution in [2.45, 2.75) is 38.8 Å². The molecule has 21 heavy (non-hydrogen) atoms. The third kappa shape index (κ3) is 4.80. The minimum atomic E-state index is 0.378. The van der Waals surface area contributed by atoms with E-state index < -0.39 is 0 Å². The maximum atomic E-state index is 5.49. The summed E-state index contributed by atoms with van der Waals surface area (Å²) in [6.07, 6.45) is 2.31. The monoisotopic (exact) mass is 290 g/mol. The van der Waals surface area contributed by atoms with E-state index in [2.05, 4.69) is 55.4 Å². The zero-order valence-corrected chi connectivity index (χ0v) is 13.9. The second-order valence-electron chi connectivity index (χ2n) is 6.64. The van der Waals surface area contributed by atoms with Gasteiger partial charge in [0, 0.05) is 25.2 Å². The fourth-order valence-corrected chi connectivity index (χ4v) is 3.03. The van der Waals surface area contributed by atoms with E-state index in [0.29, 0.717) is 18.0 Å². The molecule has 2 rings (SSSR count). The van der Waals surface area contributed by atoms with Gasteiger partial charge in [-0.1, -0.05) is 38.1 Å². The number of benzene rings is 1. The molecule has 1 aliphatic rings. The Balaban J connectivity index is 1.96. The standard InChI is InChI=1S/C18H30N2O/c1-14(2)11-15-5-7-16(8-6-15)18(19-3)12-20(4)17-9-10-21-13-17/h5-8,14,17-19H,9-13H2,1-4H3. The minimum Gasteiger partial charge on any atom is -0.380 e. The van der Waals surface area contributed by atoms with Gasteiger partial charge in [-0.2, -0.15) is 0 Å². The molecule has 3 heteroatoms. The molecule has 0 spiro atoms. The molecule has 1 aromatic carbocycles. The molecule has 0 saturated carbocycles. The number of likely N-dealkylation sites (N-methyl/N-ethyl adjacent to an activating group) is 2. The average Bonchev–Trinajstić information content (AvgIpc) is 2.99. The van der Waals surface area contributed by atoms with E-state index in [4.69, 9.17) is 4.74 Å². The van der Waals surface area contributed by atoms with Crippen molar-refractivity contribution < 1.29 is 4.74 Å². The third-order valence-electron chi connectivity index (χ3n) is 4.37. The fourth-order valence-electron chi connectivity index (χ4n) is 3.03. The lowest BCUT2D eigenvalue weighted by atomic mass is 9.99. The summed E-state index contributed by atoms with van der Waals surface area (Å²) < 4.78 is 5.49. The summed E-state index contributed by atoms with van der Waals surface area (Å²) in [5.41, 5.74) is 2.80. The summed E-state index contributed by atoms with van der Waals surface area (Å²) in [7, 11) is 4.25. The van der Waals surface area contributed by atoms with E-state index >= 15 is 0 Å². The highest BCUT2D eigenvalue weighted by Crippen LogP contribution is 2.19. The zero-order valence-electron chi connectivity index (χ0n) is 13.9. The van der Waals surface area contributed by atoms with Crippen molar-refractivity contribution in [2.75, 3.05) is 33.9 Å². The van der Waals surface area contributed by atoms with Gasteiger partial charge in [0.05, 0.1) is 6.61 Å². The predicted octanol–water partition coefficient (Wildman–Crippen LogP) is 2.87. The molecule has 1 heterocycles. The van der Waals surface area contributed by atoms with Gasteiger partial charge in [0.25, 0.3) is 0 Å².